The Balaban J connectivity index is 2.23. The number of benzene rings is 1. The Hall–Kier alpha value is -1.23. The third-order valence-electron chi connectivity index (χ3n) is 2.87. The summed E-state index contributed by atoms with van der Waals surface area (Å²) in [5.74, 6) is 5.66. The highest BCUT2D eigenvalue weighted by molar-refractivity contribution is 9.10. The van der Waals surface area contributed by atoms with Gasteiger partial charge in [-0.2, -0.15) is 0 Å². The van der Waals surface area contributed by atoms with E-state index >= 15 is 0 Å². The quantitative estimate of drug-likeness (QED) is 0.674. The van der Waals surface area contributed by atoms with E-state index in [1.165, 1.54) is 5.56 Å². The fourth-order valence-corrected chi connectivity index (χ4v) is 2.67. The van der Waals surface area contributed by atoms with E-state index in [4.69, 9.17) is 5.84 Å². The number of pyridine rings is 1. The number of hydrogen-bond donors (Lipinski definition) is 2. The first-order chi connectivity index (χ1) is 8.70. The number of rotatable bonds is 4. The summed E-state index contributed by atoms with van der Waals surface area (Å²) in [5.41, 5.74) is 6.25. The molecule has 0 saturated heterocycles. The molecule has 0 aliphatic heterocycles. The van der Waals surface area contributed by atoms with Crippen molar-refractivity contribution in [2.45, 2.75) is 19.4 Å². The van der Waals surface area contributed by atoms with E-state index < -0.39 is 0 Å². The average molecular weight is 306 g/mol. The van der Waals surface area contributed by atoms with Gasteiger partial charge in [0.15, 0.2) is 0 Å². The standard InChI is InChI=1S/C14H16BrN3/c1-10-5-6-12(13(15)8-10)14(18-16)9-11-4-2-3-7-17-11/h2-8,14,18H,9,16H2,1H3. The molecule has 1 heterocycles. The van der Waals surface area contributed by atoms with Gasteiger partial charge in [-0.25, -0.2) is 0 Å². The Bertz CT molecular complexity index is 514. The van der Waals surface area contributed by atoms with Gasteiger partial charge in [0.05, 0.1) is 6.04 Å². The molecular weight excluding hydrogens is 290 g/mol. The third-order valence-corrected chi connectivity index (χ3v) is 3.56. The van der Waals surface area contributed by atoms with Crippen molar-refractivity contribution >= 4 is 15.9 Å². The van der Waals surface area contributed by atoms with Gasteiger partial charge in [0.2, 0.25) is 0 Å². The molecule has 0 saturated carbocycles. The maximum atomic E-state index is 5.66. The van der Waals surface area contributed by atoms with Crippen LogP contribution in [0.25, 0.3) is 0 Å². The Labute approximate surface area is 116 Å². The average Bonchev–Trinajstić information content (AvgIpc) is 2.38. The molecule has 3 N–H and O–H groups in total. The molecule has 0 bridgehead atoms. The van der Waals surface area contributed by atoms with Crippen LogP contribution in [0.4, 0.5) is 0 Å². The molecule has 2 aromatic rings. The number of aromatic nitrogens is 1. The maximum Gasteiger partial charge on any atom is 0.0526 e. The van der Waals surface area contributed by atoms with Gasteiger partial charge in [0.25, 0.3) is 0 Å². The molecule has 2 rings (SSSR count). The highest BCUT2D eigenvalue weighted by atomic mass is 79.9. The summed E-state index contributed by atoms with van der Waals surface area (Å²) in [5, 5.41) is 0. The van der Waals surface area contributed by atoms with Crippen molar-refractivity contribution in [3.63, 3.8) is 0 Å². The Morgan fingerprint density at radius 2 is 2.17 bits per heavy atom. The lowest BCUT2D eigenvalue weighted by molar-refractivity contribution is 0.544. The van der Waals surface area contributed by atoms with Crippen molar-refractivity contribution in [2.75, 3.05) is 0 Å². The zero-order valence-corrected chi connectivity index (χ0v) is 11.8. The van der Waals surface area contributed by atoms with Crippen LogP contribution in [0.15, 0.2) is 47.1 Å². The second kappa shape index (κ2) is 6.09. The van der Waals surface area contributed by atoms with Crippen LogP contribution in [0.1, 0.15) is 22.9 Å². The molecule has 0 spiro atoms. The molecule has 1 aromatic heterocycles. The van der Waals surface area contributed by atoms with Gasteiger partial charge in [0, 0.05) is 22.8 Å². The van der Waals surface area contributed by atoms with E-state index in [-0.39, 0.29) is 6.04 Å². The molecule has 0 aliphatic carbocycles. The first-order valence-corrected chi connectivity index (χ1v) is 6.62. The minimum Gasteiger partial charge on any atom is -0.271 e. The minimum absolute atomic E-state index is 0.0508. The summed E-state index contributed by atoms with van der Waals surface area (Å²) in [6, 6.07) is 12.2. The number of nitrogens with two attached hydrogens (primary N) is 1. The van der Waals surface area contributed by atoms with Gasteiger partial charge in [-0.05, 0) is 36.2 Å². The van der Waals surface area contributed by atoms with E-state index in [9.17, 15) is 0 Å². The van der Waals surface area contributed by atoms with Crippen molar-refractivity contribution in [1.29, 1.82) is 0 Å². The second-order valence-electron chi connectivity index (χ2n) is 4.27. The Morgan fingerprint density at radius 1 is 1.33 bits per heavy atom. The van der Waals surface area contributed by atoms with Gasteiger partial charge in [-0.15, -0.1) is 0 Å². The smallest absolute Gasteiger partial charge is 0.0526 e. The summed E-state index contributed by atoms with van der Waals surface area (Å²) < 4.78 is 1.07. The van der Waals surface area contributed by atoms with E-state index in [2.05, 4.69) is 51.5 Å². The van der Waals surface area contributed by atoms with Crippen LogP contribution in [0, 0.1) is 6.92 Å². The van der Waals surface area contributed by atoms with Gasteiger partial charge in [-0.3, -0.25) is 16.3 Å². The predicted molar refractivity (Wildman–Crippen MR) is 76.9 cm³/mol. The van der Waals surface area contributed by atoms with Crippen LogP contribution in [0.5, 0.6) is 0 Å². The van der Waals surface area contributed by atoms with Crippen LogP contribution in [-0.2, 0) is 6.42 Å². The van der Waals surface area contributed by atoms with Gasteiger partial charge < -0.3 is 0 Å². The van der Waals surface area contributed by atoms with Gasteiger partial charge >= 0.3 is 0 Å². The third kappa shape index (κ3) is 3.16. The van der Waals surface area contributed by atoms with Crippen LogP contribution < -0.4 is 11.3 Å². The fraction of sp³-hybridized carbons (Fsp3) is 0.214. The molecule has 1 atom stereocenters. The van der Waals surface area contributed by atoms with Crippen LogP contribution in [-0.4, -0.2) is 4.98 Å². The molecule has 1 unspecified atom stereocenters. The summed E-state index contributed by atoms with van der Waals surface area (Å²) in [4.78, 5) is 4.33. The molecular formula is C14H16BrN3. The summed E-state index contributed by atoms with van der Waals surface area (Å²) >= 11 is 3.59. The highest BCUT2D eigenvalue weighted by Crippen LogP contribution is 2.26. The molecule has 0 radical (unpaired) electrons. The van der Waals surface area contributed by atoms with Crippen LogP contribution >= 0.6 is 15.9 Å². The van der Waals surface area contributed by atoms with E-state index in [1.54, 1.807) is 6.20 Å². The summed E-state index contributed by atoms with van der Waals surface area (Å²) in [6.45, 7) is 2.07. The highest BCUT2D eigenvalue weighted by Gasteiger charge is 2.14. The number of aryl methyl sites for hydroxylation is 1. The normalized spacial score (nSPS) is 12.4. The molecule has 0 aliphatic rings. The molecule has 0 fully saturated rings. The van der Waals surface area contributed by atoms with Crippen molar-refractivity contribution in [3.05, 3.63) is 63.9 Å². The van der Waals surface area contributed by atoms with Crippen molar-refractivity contribution in [3.8, 4) is 0 Å². The minimum atomic E-state index is 0.0508. The molecule has 1 aromatic carbocycles. The molecule has 3 nitrogen and oxygen atoms in total. The monoisotopic (exact) mass is 305 g/mol. The first-order valence-electron chi connectivity index (χ1n) is 5.83. The zero-order chi connectivity index (χ0) is 13.0. The fourth-order valence-electron chi connectivity index (χ4n) is 1.90. The topological polar surface area (TPSA) is 50.9 Å². The van der Waals surface area contributed by atoms with Crippen molar-refractivity contribution < 1.29 is 0 Å². The first kappa shape index (κ1) is 13.2. The zero-order valence-electron chi connectivity index (χ0n) is 10.2. The SMILES string of the molecule is Cc1ccc(C(Cc2ccccn2)NN)c(Br)c1. The summed E-state index contributed by atoms with van der Waals surface area (Å²) in [6.07, 6.45) is 2.56. The lowest BCUT2D eigenvalue weighted by Crippen LogP contribution is -2.30. The van der Waals surface area contributed by atoms with E-state index in [1.807, 2.05) is 18.2 Å². The number of halogens is 1. The van der Waals surface area contributed by atoms with Crippen LogP contribution in [0.3, 0.4) is 0 Å². The Morgan fingerprint density at radius 3 is 2.78 bits per heavy atom. The maximum absolute atomic E-state index is 5.66. The predicted octanol–water partition coefficient (Wildman–Crippen LogP) is 2.90. The Kier molecular flexibility index (Phi) is 4.47. The lowest BCUT2D eigenvalue weighted by atomic mass is 10.0. The molecule has 0 amide bonds. The van der Waals surface area contributed by atoms with Crippen molar-refractivity contribution in [2.24, 2.45) is 5.84 Å². The van der Waals surface area contributed by atoms with Crippen molar-refractivity contribution in [1.82, 2.24) is 10.4 Å². The van der Waals surface area contributed by atoms with Gasteiger partial charge in [0.1, 0.15) is 0 Å². The van der Waals surface area contributed by atoms with Gasteiger partial charge in [-0.1, -0.05) is 34.1 Å². The molecule has 18 heavy (non-hydrogen) atoms. The van der Waals surface area contributed by atoms with E-state index in [0.29, 0.717) is 0 Å². The summed E-state index contributed by atoms with van der Waals surface area (Å²) in [7, 11) is 0. The second-order valence-corrected chi connectivity index (χ2v) is 5.12. The van der Waals surface area contributed by atoms with Crippen LogP contribution in [0.2, 0.25) is 0 Å². The molecule has 4 heteroatoms. The van der Waals surface area contributed by atoms with E-state index in [0.717, 1.165) is 22.2 Å². The number of nitrogens with zero attached hydrogens (tertiary/aromatic N) is 1. The largest absolute Gasteiger partial charge is 0.271 e. The molecule has 94 valence electrons. The lowest BCUT2D eigenvalue weighted by Gasteiger charge is -2.17. The number of hydrogen-bond acceptors (Lipinski definition) is 3. The number of nitrogens with one attached hydrogen (secondary N) is 1. The number of hydrazine groups is 1.